The van der Waals surface area contributed by atoms with Crippen LogP contribution < -0.4 is 5.32 Å². The predicted octanol–water partition coefficient (Wildman–Crippen LogP) is 2.87. The lowest BCUT2D eigenvalue weighted by molar-refractivity contribution is -0.139. The van der Waals surface area contributed by atoms with E-state index in [0.717, 1.165) is 0 Å². The minimum atomic E-state index is -0.610. The zero-order chi connectivity index (χ0) is 15.6. The number of esters is 1. The lowest BCUT2D eigenvalue weighted by Gasteiger charge is -2.33. The molecule has 0 saturated carbocycles. The number of ether oxygens (including phenoxy) is 1. The number of carbonyl (C=O) groups is 2. The second-order valence-corrected chi connectivity index (χ2v) is 5.09. The summed E-state index contributed by atoms with van der Waals surface area (Å²) < 4.78 is 5.11. The smallest absolute Gasteiger partial charge is 0.338 e. The Bertz CT molecular complexity index is 613. The van der Waals surface area contributed by atoms with Gasteiger partial charge in [-0.3, -0.25) is 0 Å². The summed E-state index contributed by atoms with van der Waals surface area (Å²) >= 11 is 6.20. The second kappa shape index (κ2) is 6.18. The van der Waals surface area contributed by atoms with Gasteiger partial charge in [0.2, 0.25) is 0 Å². The van der Waals surface area contributed by atoms with Gasteiger partial charge in [-0.2, -0.15) is 0 Å². The molecule has 2 amide bonds. The van der Waals surface area contributed by atoms with Gasteiger partial charge in [0.05, 0.1) is 18.2 Å². The first kappa shape index (κ1) is 15.4. The topological polar surface area (TPSA) is 58.6 Å². The van der Waals surface area contributed by atoms with Crippen molar-refractivity contribution in [1.29, 1.82) is 0 Å². The molecule has 2 rings (SSSR count). The van der Waals surface area contributed by atoms with Crippen LogP contribution in [-0.2, 0) is 9.53 Å². The Hall–Kier alpha value is -2.01. The molecule has 1 unspecified atom stereocenters. The number of amides is 2. The molecule has 0 fully saturated rings. The van der Waals surface area contributed by atoms with Gasteiger partial charge < -0.3 is 15.0 Å². The van der Waals surface area contributed by atoms with Crippen molar-refractivity contribution in [2.45, 2.75) is 19.9 Å². The van der Waals surface area contributed by atoms with Crippen LogP contribution in [0.15, 0.2) is 35.5 Å². The SMILES string of the molecule is CCOC(=O)C1=C(C)N(C)C(=O)NC1c1ccccc1Cl. The van der Waals surface area contributed by atoms with Crippen LogP contribution in [-0.4, -0.2) is 30.6 Å². The van der Waals surface area contributed by atoms with E-state index < -0.39 is 12.0 Å². The van der Waals surface area contributed by atoms with Crippen molar-refractivity contribution in [3.63, 3.8) is 0 Å². The van der Waals surface area contributed by atoms with E-state index in [0.29, 0.717) is 21.9 Å². The molecular weight excluding hydrogens is 292 g/mol. The molecule has 6 heteroatoms. The van der Waals surface area contributed by atoms with Gasteiger partial charge in [0.15, 0.2) is 0 Å². The van der Waals surface area contributed by atoms with Crippen LogP contribution in [0.2, 0.25) is 5.02 Å². The summed E-state index contributed by atoms with van der Waals surface area (Å²) in [4.78, 5) is 25.7. The van der Waals surface area contributed by atoms with E-state index in [9.17, 15) is 9.59 Å². The number of hydrogen-bond acceptors (Lipinski definition) is 3. The lowest BCUT2D eigenvalue weighted by atomic mass is 9.95. The molecule has 5 nitrogen and oxygen atoms in total. The molecule has 21 heavy (non-hydrogen) atoms. The number of urea groups is 1. The monoisotopic (exact) mass is 308 g/mol. The quantitative estimate of drug-likeness (QED) is 0.874. The minimum absolute atomic E-state index is 0.266. The number of halogens is 1. The summed E-state index contributed by atoms with van der Waals surface area (Å²) in [6, 6.07) is 6.21. The Labute approximate surface area is 128 Å². The molecule has 112 valence electrons. The maximum Gasteiger partial charge on any atom is 0.338 e. The van der Waals surface area contributed by atoms with E-state index >= 15 is 0 Å². The summed E-state index contributed by atoms with van der Waals surface area (Å²) in [6.07, 6.45) is 0. The van der Waals surface area contributed by atoms with Crippen LogP contribution in [0.4, 0.5) is 4.79 Å². The molecule has 1 atom stereocenters. The number of rotatable bonds is 3. The Morgan fingerprint density at radius 2 is 2.10 bits per heavy atom. The van der Waals surface area contributed by atoms with Crippen molar-refractivity contribution >= 4 is 23.6 Å². The molecular formula is C15H17ClN2O3. The van der Waals surface area contributed by atoms with Crippen LogP contribution in [0.3, 0.4) is 0 Å². The van der Waals surface area contributed by atoms with E-state index in [2.05, 4.69) is 5.32 Å². The Morgan fingerprint density at radius 3 is 2.71 bits per heavy atom. The Morgan fingerprint density at radius 1 is 1.43 bits per heavy atom. The van der Waals surface area contributed by atoms with Crippen molar-refractivity contribution < 1.29 is 14.3 Å². The van der Waals surface area contributed by atoms with Gasteiger partial charge in [0, 0.05) is 17.8 Å². The Kier molecular flexibility index (Phi) is 4.53. The largest absolute Gasteiger partial charge is 0.463 e. The van der Waals surface area contributed by atoms with Gasteiger partial charge in [-0.1, -0.05) is 29.8 Å². The summed E-state index contributed by atoms with van der Waals surface area (Å²) in [5.74, 6) is -0.452. The van der Waals surface area contributed by atoms with Crippen LogP contribution in [0, 0.1) is 0 Å². The summed E-state index contributed by atoms with van der Waals surface area (Å²) in [5, 5.41) is 3.27. The number of nitrogens with one attached hydrogen (secondary N) is 1. The van der Waals surface area contributed by atoms with E-state index in [1.165, 1.54) is 4.90 Å². The fraction of sp³-hybridized carbons (Fsp3) is 0.333. The molecule has 1 aliphatic heterocycles. The highest BCUT2D eigenvalue weighted by atomic mass is 35.5. The van der Waals surface area contributed by atoms with Gasteiger partial charge in [-0.05, 0) is 25.5 Å². The molecule has 0 aromatic heterocycles. The average Bonchev–Trinajstić information content (AvgIpc) is 2.45. The van der Waals surface area contributed by atoms with E-state index in [4.69, 9.17) is 16.3 Å². The maximum absolute atomic E-state index is 12.3. The molecule has 0 radical (unpaired) electrons. The number of hydrogen-bond donors (Lipinski definition) is 1. The molecule has 0 saturated heterocycles. The molecule has 1 aromatic rings. The number of benzene rings is 1. The third-order valence-corrected chi connectivity index (χ3v) is 3.81. The van der Waals surface area contributed by atoms with Gasteiger partial charge >= 0.3 is 12.0 Å². The number of carbonyl (C=O) groups excluding carboxylic acids is 2. The highest BCUT2D eigenvalue weighted by Crippen LogP contribution is 2.33. The van der Waals surface area contributed by atoms with E-state index in [-0.39, 0.29) is 12.6 Å². The third kappa shape index (κ3) is 2.88. The van der Waals surface area contributed by atoms with Gasteiger partial charge in [-0.15, -0.1) is 0 Å². The summed E-state index contributed by atoms with van der Waals surface area (Å²) in [5.41, 5.74) is 1.62. The fourth-order valence-electron chi connectivity index (χ4n) is 2.25. The van der Waals surface area contributed by atoms with Gasteiger partial charge in [0.1, 0.15) is 0 Å². The molecule has 0 aliphatic carbocycles. The minimum Gasteiger partial charge on any atom is -0.463 e. The summed E-state index contributed by atoms with van der Waals surface area (Å²) in [6.45, 7) is 3.72. The predicted molar refractivity (Wildman–Crippen MR) is 79.8 cm³/mol. The maximum atomic E-state index is 12.3. The standard InChI is InChI=1S/C15H17ClN2O3/c1-4-21-14(19)12-9(2)18(3)15(20)17-13(12)10-7-5-6-8-11(10)16/h5-8,13H,4H2,1-3H3,(H,17,20). The summed E-state index contributed by atoms with van der Waals surface area (Å²) in [7, 11) is 1.60. The molecule has 1 heterocycles. The normalized spacial score (nSPS) is 18.6. The van der Waals surface area contributed by atoms with Crippen LogP contribution in [0.1, 0.15) is 25.5 Å². The average molecular weight is 309 g/mol. The highest BCUT2D eigenvalue weighted by Gasteiger charge is 2.35. The zero-order valence-electron chi connectivity index (χ0n) is 12.1. The van der Waals surface area contributed by atoms with Crippen molar-refractivity contribution in [1.82, 2.24) is 10.2 Å². The first-order chi connectivity index (χ1) is 9.97. The van der Waals surface area contributed by atoms with Gasteiger partial charge in [0.25, 0.3) is 0 Å². The third-order valence-electron chi connectivity index (χ3n) is 3.47. The van der Waals surface area contributed by atoms with Crippen molar-refractivity contribution in [2.75, 3.05) is 13.7 Å². The van der Waals surface area contributed by atoms with Crippen LogP contribution in [0.25, 0.3) is 0 Å². The highest BCUT2D eigenvalue weighted by molar-refractivity contribution is 6.31. The first-order valence-corrected chi connectivity index (χ1v) is 7.01. The number of allylic oxidation sites excluding steroid dienone is 1. The zero-order valence-corrected chi connectivity index (χ0v) is 12.9. The molecule has 0 bridgehead atoms. The van der Waals surface area contributed by atoms with Gasteiger partial charge in [-0.25, -0.2) is 9.59 Å². The lowest BCUT2D eigenvalue weighted by Crippen LogP contribution is -2.46. The molecule has 1 aromatic carbocycles. The molecule has 1 N–H and O–H groups in total. The van der Waals surface area contributed by atoms with Crippen molar-refractivity contribution in [3.05, 3.63) is 46.1 Å². The molecule has 0 spiro atoms. The first-order valence-electron chi connectivity index (χ1n) is 6.63. The van der Waals surface area contributed by atoms with E-state index in [1.807, 2.05) is 6.07 Å². The van der Waals surface area contributed by atoms with Crippen molar-refractivity contribution in [3.8, 4) is 0 Å². The van der Waals surface area contributed by atoms with Crippen LogP contribution >= 0.6 is 11.6 Å². The molecule has 1 aliphatic rings. The second-order valence-electron chi connectivity index (χ2n) is 4.68. The van der Waals surface area contributed by atoms with Crippen molar-refractivity contribution in [2.24, 2.45) is 0 Å². The van der Waals surface area contributed by atoms with E-state index in [1.54, 1.807) is 39.1 Å². The Balaban J connectivity index is 2.54. The fourth-order valence-corrected chi connectivity index (χ4v) is 2.50. The van der Waals surface area contributed by atoms with Crippen LogP contribution in [0.5, 0.6) is 0 Å². The number of nitrogens with zero attached hydrogens (tertiary/aromatic N) is 1.